The Labute approximate surface area is 360 Å². The van der Waals surface area contributed by atoms with Gasteiger partial charge in [-0.3, -0.25) is 0 Å². The number of ether oxygens (including phenoxy) is 2. The van der Waals surface area contributed by atoms with Crippen LogP contribution in [0.1, 0.15) is 156 Å². The molecule has 0 N–H and O–H groups in total. The molecule has 0 aromatic heterocycles. The van der Waals surface area contributed by atoms with Gasteiger partial charge in [0.25, 0.3) is 0 Å². The zero-order chi connectivity index (χ0) is 38.3. The molecular formula is C50H82Cl2O2Zr. The Morgan fingerprint density at radius 1 is 0.673 bits per heavy atom. The van der Waals surface area contributed by atoms with E-state index in [1.54, 1.807) is 5.56 Å². The van der Waals surface area contributed by atoms with E-state index >= 15 is 0 Å². The third kappa shape index (κ3) is 11.0. The summed E-state index contributed by atoms with van der Waals surface area (Å²) in [7, 11) is 13.9. The standard InChI is InChI=1S/C47H72O2.CH4.2CH3.2ClH.Zr/c1-28-21-39-37(27-40(47(9,10)11)44(49-13)42(39)30-17-15-14-16-18-30)35(28)26-36-29(2)22-38-34(19-20-41(48-12)43(36)38)31-23-32(45(3,4)5)25-33(24-31)46(6,7)8;;;;;;/h14-18,23-25,28-29,34-44H,19-22,26-27H2,1-13H3;1H4;2*1H3;2*1H;/q;;2*-1;;;+4/p-2. The number of rotatable bonds is 6. The van der Waals surface area contributed by atoms with E-state index in [4.69, 9.17) is 26.5 Å². The second-order valence-electron chi connectivity index (χ2n) is 20.8. The van der Waals surface area contributed by atoms with Crippen LogP contribution in [-0.4, -0.2) is 26.4 Å². The number of halogens is 2. The molecule has 0 spiro atoms. The van der Waals surface area contributed by atoms with Crippen LogP contribution in [0.5, 0.6) is 0 Å². The van der Waals surface area contributed by atoms with E-state index < -0.39 is 20.8 Å². The molecule has 4 aliphatic rings. The van der Waals surface area contributed by atoms with Crippen molar-refractivity contribution >= 4 is 17.0 Å². The maximum absolute atomic E-state index is 6.52. The van der Waals surface area contributed by atoms with Crippen LogP contribution in [0.4, 0.5) is 0 Å². The van der Waals surface area contributed by atoms with Gasteiger partial charge in [-0.15, -0.1) is 0 Å². The van der Waals surface area contributed by atoms with E-state index in [1.807, 2.05) is 14.2 Å². The van der Waals surface area contributed by atoms with Crippen LogP contribution < -0.4 is 0 Å². The number of fused-ring (bicyclic) bond motifs is 2. The molecule has 4 saturated carbocycles. The first-order chi connectivity index (χ1) is 24.3. The number of methoxy groups -OCH3 is 2. The van der Waals surface area contributed by atoms with Gasteiger partial charge in [-0.25, -0.2) is 0 Å². The van der Waals surface area contributed by atoms with Gasteiger partial charge in [0.1, 0.15) is 0 Å². The predicted molar refractivity (Wildman–Crippen MR) is 239 cm³/mol. The average Bonchev–Trinajstić information content (AvgIpc) is 3.57. The van der Waals surface area contributed by atoms with E-state index in [0.717, 1.165) is 29.6 Å². The van der Waals surface area contributed by atoms with Gasteiger partial charge in [-0.2, -0.15) is 0 Å². The summed E-state index contributed by atoms with van der Waals surface area (Å²) in [4.78, 5) is 0. The topological polar surface area (TPSA) is 18.5 Å². The predicted octanol–water partition coefficient (Wildman–Crippen LogP) is 15.1. The molecule has 312 valence electrons. The molecule has 5 heteroatoms. The van der Waals surface area contributed by atoms with E-state index in [1.165, 1.54) is 55.2 Å². The van der Waals surface area contributed by atoms with E-state index in [2.05, 4.69) is 125 Å². The van der Waals surface area contributed by atoms with Crippen molar-refractivity contribution in [2.45, 2.75) is 157 Å². The Kier molecular flexibility index (Phi) is 18.9. The molecule has 0 heterocycles. The molecule has 55 heavy (non-hydrogen) atoms. The number of hydrogen-bond donors (Lipinski definition) is 0. The summed E-state index contributed by atoms with van der Waals surface area (Å²) in [6.07, 6.45) is 8.50. The van der Waals surface area contributed by atoms with E-state index in [-0.39, 0.29) is 44.6 Å². The summed E-state index contributed by atoms with van der Waals surface area (Å²) in [6, 6.07) is 19.2. The molecule has 0 bridgehead atoms. The Hall–Kier alpha value is -0.177. The van der Waals surface area contributed by atoms with Crippen LogP contribution >= 0.6 is 17.0 Å². The Morgan fingerprint density at radius 3 is 1.69 bits per heavy atom. The fraction of sp³-hybridized carbons (Fsp3) is 0.720. The normalized spacial score (nSPS) is 34.3. The van der Waals surface area contributed by atoms with Gasteiger partial charge >= 0.3 is 37.9 Å². The van der Waals surface area contributed by atoms with Crippen LogP contribution in [0.25, 0.3) is 0 Å². The molecule has 0 saturated heterocycles. The summed E-state index contributed by atoms with van der Waals surface area (Å²) in [5.41, 5.74) is 6.62. The van der Waals surface area contributed by atoms with Crippen molar-refractivity contribution in [2.24, 2.45) is 58.7 Å². The first-order valence-corrected chi connectivity index (χ1v) is 26.9. The summed E-state index contributed by atoms with van der Waals surface area (Å²) in [6.45, 7) is 27.0. The van der Waals surface area contributed by atoms with Crippen molar-refractivity contribution in [3.8, 4) is 0 Å². The van der Waals surface area contributed by atoms with Gasteiger partial charge in [0.15, 0.2) is 0 Å². The van der Waals surface area contributed by atoms with Crippen molar-refractivity contribution in [3.63, 3.8) is 0 Å². The Balaban J connectivity index is 0.00000169. The summed E-state index contributed by atoms with van der Waals surface area (Å²) in [5.74, 6) is 7.50. The molecule has 0 amide bonds. The van der Waals surface area contributed by atoms with Crippen LogP contribution in [0.3, 0.4) is 0 Å². The zero-order valence-electron chi connectivity index (χ0n) is 36.9. The van der Waals surface area contributed by atoms with Gasteiger partial charge < -0.3 is 24.3 Å². The van der Waals surface area contributed by atoms with Crippen LogP contribution in [0.2, 0.25) is 0 Å². The first kappa shape index (κ1) is 51.0. The third-order valence-corrected chi connectivity index (χ3v) is 14.8. The fourth-order valence-electron chi connectivity index (χ4n) is 12.2. The fourth-order valence-corrected chi connectivity index (χ4v) is 12.2. The Morgan fingerprint density at radius 2 is 1.20 bits per heavy atom. The van der Waals surface area contributed by atoms with Gasteiger partial charge in [-0.05, 0) is 136 Å². The molecule has 13 unspecified atom stereocenters. The maximum atomic E-state index is 6.52. The molecule has 13 atom stereocenters. The second-order valence-corrected chi connectivity index (χ2v) is 24.5. The SMILES string of the molecule is C.COC1CCC(c2cc(C(C)(C)C)cc(C(C)(C)C)c2)C2CC(C)C(CC3C(C)CC4C3CC(C(C)(C)C)C(OC)C4c3ccccc3)C12.[CH3-].[CH3-].[Cl][Zr+2][Cl]. The summed E-state index contributed by atoms with van der Waals surface area (Å²) >= 11 is -0.826. The van der Waals surface area contributed by atoms with Gasteiger partial charge in [0, 0.05) is 20.1 Å². The van der Waals surface area contributed by atoms with Crippen LogP contribution in [0, 0.1) is 73.5 Å². The molecular weight excluding hydrogens is 795 g/mol. The summed E-state index contributed by atoms with van der Waals surface area (Å²) in [5, 5.41) is 0. The van der Waals surface area contributed by atoms with E-state index in [0.29, 0.717) is 41.6 Å². The van der Waals surface area contributed by atoms with Crippen LogP contribution in [-0.2, 0) is 41.2 Å². The van der Waals surface area contributed by atoms with E-state index in [9.17, 15) is 0 Å². The summed E-state index contributed by atoms with van der Waals surface area (Å²) < 4.78 is 13.0. The second kappa shape index (κ2) is 20.4. The molecule has 4 aliphatic carbocycles. The van der Waals surface area contributed by atoms with Gasteiger partial charge in [0.2, 0.25) is 0 Å². The minimum absolute atomic E-state index is 0. The molecule has 2 nitrogen and oxygen atoms in total. The quantitative estimate of drug-likeness (QED) is 0.269. The molecule has 6 rings (SSSR count). The molecule has 2 aromatic rings. The van der Waals surface area contributed by atoms with Crippen molar-refractivity contribution in [2.75, 3.05) is 14.2 Å². The molecule has 2 aromatic carbocycles. The van der Waals surface area contributed by atoms with Crippen molar-refractivity contribution in [3.05, 3.63) is 85.6 Å². The third-order valence-electron chi connectivity index (χ3n) is 14.8. The average molecular weight is 877 g/mol. The molecule has 4 fully saturated rings. The van der Waals surface area contributed by atoms with Gasteiger partial charge in [0.05, 0.1) is 12.2 Å². The van der Waals surface area contributed by atoms with Crippen molar-refractivity contribution < 1.29 is 30.3 Å². The molecule has 0 aliphatic heterocycles. The first-order valence-electron chi connectivity index (χ1n) is 20.6. The van der Waals surface area contributed by atoms with Gasteiger partial charge in [-0.1, -0.05) is 132 Å². The van der Waals surface area contributed by atoms with Crippen molar-refractivity contribution in [1.29, 1.82) is 0 Å². The zero-order valence-corrected chi connectivity index (χ0v) is 40.9. The molecule has 0 radical (unpaired) electrons. The van der Waals surface area contributed by atoms with Crippen LogP contribution in [0.15, 0.2) is 48.5 Å². The number of benzene rings is 2. The minimum atomic E-state index is -0.826. The number of hydrogen-bond acceptors (Lipinski definition) is 2. The monoisotopic (exact) mass is 874 g/mol. The Bertz CT molecular complexity index is 1410. The van der Waals surface area contributed by atoms with Crippen molar-refractivity contribution in [1.82, 2.24) is 0 Å².